The van der Waals surface area contributed by atoms with Crippen molar-refractivity contribution in [2.24, 2.45) is 0 Å². The molecule has 1 amide bonds. The van der Waals surface area contributed by atoms with Crippen LogP contribution in [-0.4, -0.2) is 28.8 Å². The number of nitrogens with one attached hydrogen (secondary N) is 2. The van der Waals surface area contributed by atoms with Gasteiger partial charge in [0.1, 0.15) is 11.2 Å². The summed E-state index contributed by atoms with van der Waals surface area (Å²) in [5.41, 5.74) is 4.17. The number of aromatic nitrogens is 1. The molecule has 1 aliphatic heterocycles. The van der Waals surface area contributed by atoms with E-state index in [1.807, 2.05) is 0 Å². The number of rotatable bonds is 0. The quantitative estimate of drug-likeness (QED) is 0.732. The third-order valence-electron chi connectivity index (χ3n) is 3.82. The topological polar surface area (TPSA) is 70.4 Å². The first-order valence-electron chi connectivity index (χ1n) is 6.42. The van der Waals surface area contributed by atoms with E-state index in [0.717, 1.165) is 25.7 Å². The number of amides is 1. The van der Waals surface area contributed by atoms with Crippen LogP contribution < -0.4 is 10.7 Å². The fourth-order valence-corrected chi connectivity index (χ4v) is 2.88. The van der Waals surface area contributed by atoms with Crippen LogP contribution in [0.3, 0.4) is 0 Å². The fourth-order valence-electron chi connectivity index (χ4n) is 2.88. The molecule has 18 heavy (non-hydrogen) atoms. The van der Waals surface area contributed by atoms with Gasteiger partial charge in [-0.2, -0.15) is 0 Å². The van der Waals surface area contributed by atoms with Crippen LogP contribution in [-0.2, 0) is 0 Å². The van der Waals surface area contributed by atoms with Gasteiger partial charge in [-0.05, 0) is 32.6 Å². The van der Waals surface area contributed by atoms with Crippen LogP contribution in [0.15, 0.2) is 4.52 Å². The first-order valence-corrected chi connectivity index (χ1v) is 6.42. The number of hydrogen-bond donors (Lipinski definition) is 2. The summed E-state index contributed by atoms with van der Waals surface area (Å²) in [4.78, 5) is 12.3. The second kappa shape index (κ2) is 3.98. The maximum Gasteiger partial charge on any atom is 0.275 e. The molecule has 1 aromatic heterocycles. The van der Waals surface area contributed by atoms with Crippen molar-refractivity contribution >= 4 is 11.8 Å². The van der Waals surface area contributed by atoms with Gasteiger partial charge in [-0.25, -0.2) is 5.43 Å². The Bertz CT molecular complexity index is 476. The van der Waals surface area contributed by atoms with Crippen molar-refractivity contribution in [1.29, 1.82) is 0 Å². The van der Waals surface area contributed by atoms with Crippen molar-refractivity contribution in [3.8, 4) is 0 Å². The van der Waals surface area contributed by atoms with Gasteiger partial charge in [-0.15, -0.1) is 0 Å². The molecule has 1 aliphatic carbocycles. The SMILES string of the molecule is Cc1noc2c1C(=O)N(C)NC1(CCCCC1)N2. The van der Waals surface area contributed by atoms with Crippen molar-refractivity contribution in [3.05, 3.63) is 11.3 Å². The fraction of sp³-hybridized carbons (Fsp3) is 0.667. The molecule has 1 spiro atoms. The Morgan fingerprint density at radius 3 is 2.78 bits per heavy atom. The first-order chi connectivity index (χ1) is 8.61. The number of hydrogen-bond acceptors (Lipinski definition) is 5. The standard InChI is InChI=1S/C12H18N4O2/c1-8-9-10(18-14-8)13-12(6-4-3-5-7-12)15-16(2)11(9)17/h13,15H,3-7H2,1-2H3. The number of hydrazine groups is 1. The Hall–Kier alpha value is -1.56. The molecule has 0 radical (unpaired) electrons. The highest BCUT2D eigenvalue weighted by Crippen LogP contribution is 2.34. The monoisotopic (exact) mass is 250 g/mol. The Morgan fingerprint density at radius 2 is 2.06 bits per heavy atom. The summed E-state index contributed by atoms with van der Waals surface area (Å²) in [5, 5.41) is 8.79. The zero-order valence-electron chi connectivity index (χ0n) is 10.7. The van der Waals surface area contributed by atoms with Crippen molar-refractivity contribution < 1.29 is 9.32 Å². The van der Waals surface area contributed by atoms with Gasteiger partial charge in [0, 0.05) is 7.05 Å². The molecule has 0 atom stereocenters. The van der Waals surface area contributed by atoms with E-state index in [0.29, 0.717) is 17.1 Å². The molecule has 2 heterocycles. The second-order valence-electron chi connectivity index (χ2n) is 5.22. The summed E-state index contributed by atoms with van der Waals surface area (Å²) in [6.45, 7) is 1.79. The molecule has 1 fully saturated rings. The highest BCUT2D eigenvalue weighted by molar-refractivity contribution is 5.99. The largest absolute Gasteiger partial charge is 0.338 e. The molecule has 1 saturated carbocycles. The zero-order valence-corrected chi connectivity index (χ0v) is 10.7. The van der Waals surface area contributed by atoms with Crippen LogP contribution in [0.2, 0.25) is 0 Å². The lowest BCUT2D eigenvalue weighted by molar-refractivity contribution is 0.0593. The lowest BCUT2D eigenvalue weighted by atomic mass is 9.89. The molecule has 3 rings (SSSR count). The van der Waals surface area contributed by atoms with Gasteiger partial charge in [0.25, 0.3) is 5.91 Å². The van der Waals surface area contributed by atoms with E-state index in [-0.39, 0.29) is 11.6 Å². The van der Waals surface area contributed by atoms with E-state index < -0.39 is 0 Å². The van der Waals surface area contributed by atoms with Crippen LogP contribution >= 0.6 is 0 Å². The van der Waals surface area contributed by atoms with Gasteiger partial charge in [0.05, 0.1) is 5.69 Å². The third kappa shape index (κ3) is 1.68. The molecular formula is C12H18N4O2. The predicted octanol–water partition coefficient (Wildman–Crippen LogP) is 1.65. The molecule has 6 heteroatoms. The smallest absolute Gasteiger partial charge is 0.275 e. The number of fused-ring (bicyclic) bond motifs is 1. The van der Waals surface area contributed by atoms with Gasteiger partial charge < -0.3 is 9.84 Å². The Labute approximate surface area is 106 Å². The van der Waals surface area contributed by atoms with Gasteiger partial charge in [0.2, 0.25) is 5.88 Å². The summed E-state index contributed by atoms with van der Waals surface area (Å²) in [5.74, 6) is 0.398. The minimum atomic E-state index is -0.278. The molecule has 0 unspecified atom stereocenters. The van der Waals surface area contributed by atoms with Crippen LogP contribution in [0.1, 0.15) is 48.2 Å². The van der Waals surface area contributed by atoms with Crippen molar-refractivity contribution in [2.45, 2.75) is 44.7 Å². The normalized spacial score (nSPS) is 22.6. The molecule has 0 aromatic carbocycles. The van der Waals surface area contributed by atoms with Gasteiger partial charge >= 0.3 is 0 Å². The summed E-state index contributed by atoms with van der Waals surface area (Å²) in [6, 6.07) is 0. The van der Waals surface area contributed by atoms with E-state index >= 15 is 0 Å². The molecule has 1 aromatic rings. The van der Waals surface area contributed by atoms with Crippen molar-refractivity contribution in [3.63, 3.8) is 0 Å². The summed E-state index contributed by atoms with van der Waals surface area (Å²) in [7, 11) is 1.75. The third-order valence-corrected chi connectivity index (χ3v) is 3.82. The molecule has 6 nitrogen and oxygen atoms in total. The number of aryl methyl sites for hydroxylation is 1. The van der Waals surface area contributed by atoms with Crippen LogP contribution in [0, 0.1) is 6.92 Å². The molecule has 2 aliphatic rings. The van der Waals surface area contributed by atoms with Crippen LogP contribution in [0.25, 0.3) is 0 Å². The molecule has 0 saturated heterocycles. The Kier molecular flexibility index (Phi) is 2.55. The molecule has 0 bridgehead atoms. The lowest BCUT2D eigenvalue weighted by Gasteiger charge is -2.39. The first kappa shape index (κ1) is 11.5. The second-order valence-corrected chi connectivity index (χ2v) is 5.22. The van der Waals surface area contributed by atoms with Gasteiger partial charge in [0.15, 0.2) is 0 Å². The maximum atomic E-state index is 12.3. The van der Waals surface area contributed by atoms with Crippen molar-refractivity contribution in [2.75, 3.05) is 12.4 Å². The highest BCUT2D eigenvalue weighted by Gasteiger charge is 2.40. The van der Waals surface area contributed by atoms with Gasteiger partial charge in [-0.1, -0.05) is 11.6 Å². The van der Waals surface area contributed by atoms with Crippen molar-refractivity contribution in [1.82, 2.24) is 15.6 Å². The summed E-state index contributed by atoms with van der Waals surface area (Å²) in [6.07, 6.45) is 5.48. The van der Waals surface area contributed by atoms with Gasteiger partial charge in [-0.3, -0.25) is 9.80 Å². The zero-order chi connectivity index (χ0) is 12.8. The molecular weight excluding hydrogens is 232 g/mol. The predicted molar refractivity (Wildman–Crippen MR) is 65.9 cm³/mol. The minimum absolute atomic E-state index is 0.0984. The molecule has 2 N–H and O–H groups in total. The number of carbonyl (C=O) groups excluding carboxylic acids is 1. The Morgan fingerprint density at radius 1 is 1.33 bits per heavy atom. The van der Waals surface area contributed by atoms with E-state index in [2.05, 4.69) is 15.9 Å². The summed E-state index contributed by atoms with van der Waals surface area (Å²) < 4.78 is 5.26. The van der Waals surface area contributed by atoms with E-state index in [1.165, 1.54) is 6.42 Å². The van der Waals surface area contributed by atoms with E-state index in [9.17, 15) is 4.79 Å². The van der Waals surface area contributed by atoms with E-state index in [4.69, 9.17) is 4.52 Å². The number of anilines is 1. The Balaban J connectivity index is 2.02. The van der Waals surface area contributed by atoms with Crippen LogP contribution in [0.4, 0.5) is 5.88 Å². The average molecular weight is 250 g/mol. The lowest BCUT2D eigenvalue weighted by Crippen LogP contribution is -2.58. The number of nitrogens with zero attached hydrogens (tertiary/aromatic N) is 2. The maximum absolute atomic E-state index is 12.3. The van der Waals surface area contributed by atoms with E-state index in [1.54, 1.807) is 19.0 Å². The molecule has 98 valence electrons. The van der Waals surface area contributed by atoms with Crippen LogP contribution in [0.5, 0.6) is 0 Å². The summed E-state index contributed by atoms with van der Waals surface area (Å²) >= 11 is 0. The highest BCUT2D eigenvalue weighted by atomic mass is 16.5. The average Bonchev–Trinajstić information content (AvgIpc) is 2.65. The minimum Gasteiger partial charge on any atom is -0.338 e. The number of carbonyl (C=O) groups is 1.